The summed E-state index contributed by atoms with van der Waals surface area (Å²) < 4.78 is 5.38. The predicted molar refractivity (Wildman–Crippen MR) is 84.2 cm³/mol. The van der Waals surface area contributed by atoms with Crippen molar-refractivity contribution in [2.45, 2.75) is 38.8 Å². The van der Waals surface area contributed by atoms with Gasteiger partial charge in [0.15, 0.2) is 5.82 Å². The lowest BCUT2D eigenvalue weighted by Gasteiger charge is -2.33. The van der Waals surface area contributed by atoms with Crippen molar-refractivity contribution in [1.82, 2.24) is 20.4 Å². The second-order valence-corrected chi connectivity index (χ2v) is 6.41. The number of aromatic nitrogens is 2. The largest absolute Gasteiger partial charge is 0.333 e. The fourth-order valence-electron chi connectivity index (χ4n) is 2.82. The molecule has 5 nitrogen and oxygen atoms in total. The van der Waals surface area contributed by atoms with Crippen molar-refractivity contribution in [2.24, 2.45) is 0 Å². The first kappa shape index (κ1) is 14.7. The highest BCUT2D eigenvalue weighted by atomic mass is 32.1. The van der Waals surface area contributed by atoms with Crippen LogP contribution in [0.15, 0.2) is 22.0 Å². The van der Waals surface area contributed by atoms with Crippen LogP contribution in [0, 0.1) is 0 Å². The van der Waals surface area contributed by atoms with Crippen molar-refractivity contribution >= 4 is 11.3 Å². The van der Waals surface area contributed by atoms with E-state index in [2.05, 4.69) is 27.3 Å². The van der Waals surface area contributed by atoms with Crippen LogP contribution in [0.5, 0.6) is 0 Å². The Balaban J connectivity index is 1.67. The van der Waals surface area contributed by atoms with Gasteiger partial charge >= 0.3 is 0 Å². The molecular formula is C15H22N4OS. The summed E-state index contributed by atoms with van der Waals surface area (Å²) in [5, 5.41) is 9.65. The van der Waals surface area contributed by atoms with E-state index in [1.54, 1.807) is 11.3 Å². The van der Waals surface area contributed by atoms with Crippen molar-refractivity contribution in [2.75, 3.05) is 19.6 Å². The molecule has 1 aliphatic heterocycles. The third-order valence-electron chi connectivity index (χ3n) is 3.84. The number of piperidine rings is 1. The molecule has 1 saturated heterocycles. The maximum Gasteiger partial charge on any atom is 0.268 e. The first-order valence-electron chi connectivity index (χ1n) is 7.68. The molecule has 0 aliphatic carbocycles. The number of nitrogens with one attached hydrogen (secondary N) is 1. The van der Waals surface area contributed by atoms with E-state index in [0.29, 0.717) is 11.9 Å². The molecule has 3 rings (SSSR count). The summed E-state index contributed by atoms with van der Waals surface area (Å²) >= 11 is 1.63. The maximum absolute atomic E-state index is 5.38. The standard InChI is InChI=1S/C15H22N4OS/c1-2-8-19(12-5-3-7-16-10-12)11-14-17-15(20-18-14)13-6-4-9-21-13/h4,6,9,12,16H,2-3,5,7-8,10-11H2,1H3. The van der Waals surface area contributed by atoms with E-state index in [-0.39, 0.29) is 0 Å². The third kappa shape index (κ3) is 3.70. The molecule has 0 spiro atoms. The molecule has 6 heteroatoms. The molecule has 21 heavy (non-hydrogen) atoms. The summed E-state index contributed by atoms with van der Waals surface area (Å²) in [5.41, 5.74) is 0. The van der Waals surface area contributed by atoms with Crippen LogP contribution in [0.4, 0.5) is 0 Å². The lowest BCUT2D eigenvalue weighted by atomic mass is 10.1. The van der Waals surface area contributed by atoms with Crippen molar-refractivity contribution in [3.05, 3.63) is 23.3 Å². The summed E-state index contributed by atoms with van der Waals surface area (Å²) in [6, 6.07) is 4.60. The molecule has 1 aliphatic rings. The van der Waals surface area contributed by atoms with Gasteiger partial charge in [-0.05, 0) is 43.8 Å². The first-order chi connectivity index (χ1) is 10.4. The summed E-state index contributed by atoms with van der Waals surface area (Å²) in [7, 11) is 0. The molecule has 0 aromatic carbocycles. The molecule has 1 unspecified atom stereocenters. The topological polar surface area (TPSA) is 54.2 Å². The van der Waals surface area contributed by atoms with E-state index in [4.69, 9.17) is 4.52 Å². The van der Waals surface area contributed by atoms with Gasteiger partial charge in [-0.2, -0.15) is 4.98 Å². The molecule has 0 radical (unpaired) electrons. The molecule has 1 atom stereocenters. The number of nitrogens with zero attached hydrogens (tertiary/aromatic N) is 3. The molecule has 3 heterocycles. The van der Waals surface area contributed by atoms with E-state index in [1.807, 2.05) is 17.5 Å². The van der Waals surface area contributed by atoms with Crippen LogP contribution in [-0.2, 0) is 6.54 Å². The van der Waals surface area contributed by atoms with Gasteiger partial charge in [-0.1, -0.05) is 18.1 Å². The summed E-state index contributed by atoms with van der Waals surface area (Å²) in [5.74, 6) is 1.43. The molecule has 1 fully saturated rings. The van der Waals surface area contributed by atoms with Crippen molar-refractivity contribution in [1.29, 1.82) is 0 Å². The fourth-order valence-corrected chi connectivity index (χ4v) is 3.47. The van der Waals surface area contributed by atoms with E-state index in [0.717, 1.165) is 43.3 Å². The normalized spacial score (nSPS) is 19.2. The van der Waals surface area contributed by atoms with E-state index >= 15 is 0 Å². The Bertz CT molecular complexity index is 534. The van der Waals surface area contributed by atoms with Gasteiger partial charge in [0.1, 0.15) is 0 Å². The second kappa shape index (κ2) is 7.15. The zero-order valence-electron chi connectivity index (χ0n) is 12.4. The van der Waals surface area contributed by atoms with Crippen LogP contribution in [0.1, 0.15) is 32.0 Å². The Morgan fingerprint density at radius 2 is 2.48 bits per heavy atom. The van der Waals surface area contributed by atoms with Gasteiger partial charge in [-0.15, -0.1) is 11.3 Å². The summed E-state index contributed by atoms with van der Waals surface area (Å²) in [4.78, 5) is 8.06. The Hall–Kier alpha value is -1.24. The maximum atomic E-state index is 5.38. The summed E-state index contributed by atoms with van der Waals surface area (Å²) in [6.07, 6.45) is 3.65. The Kier molecular flexibility index (Phi) is 5.00. The second-order valence-electron chi connectivity index (χ2n) is 5.46. The number of hydrogen-bond donors (Lipinski definition) is 1. The zero-order valence-corrected chi connectivity index (χ0v) is 13.2. The lowest BCUT2D eigenvalue weighted by molar-refractivity contribution is 0.153. The van der Waals surface area contributed by atoms with Gasteiger partial charge in [0.05, 0.1) is 11.4 Å². The number of thiophene rings is 1. The molecule has 2 aromatic heterocycles. The summed E-state index contributed by atoms with van der Waals surface area (Å²) in [6.45, 7) is 6.28. The SMILES string of the molecule is CCCN(Cc1noc(-c2cccs2)n1)C1CCCNC1. The van der Waals surface area contributed by atoms with Crippen molar-refractivity contribution in [3.8, 4) is 10.8 Å². The van der Waals surface area contributed by atoms with Gasteiger partial charge in [-0.3, -0.25) is 4.90 Å². The van der Waals surface area contributed by atoms with Crippen molar-refractivity contribution < 1.29 is 4.52 Å². The van der Waals surface area contributed by atoms with E-state index in [9.17, 15) is 0 Å². The van der Waals surface area contributed by atoms with E-state index < -0.39 is 0 Å². The predicted octanol–water partition coefficient (Wildman–Crippen LogP) is 2.76. The number of rotatable bonds is 6. The Labute approximate surface area is 129 Å². The molecular weight excluding hydrogens is 284 g/mol. The Morgan fingerprint density at radius 3 is 3.19 bits per heavy atom. The van der Waals surface area contributed by atoms with Gasteiger partial charge in [0, 0.05) is 12.6 Å². The number of hydrogen-bond acceptors (Lipinski definition) is 6. The molecule has 1 N–H and O–H groups in total. The monoisotopic (exact) mass is 306 g/mol. The van der Waals surface area contributed by atoms with Gasteiger partial charge in [0.2, 0.25) is 0 Å². The molecule has 114 valence electrons. The molecule has 0 saturated carbocycles. The van der Waals surface area contributed by atoms with Gasteiger partial charge in [-0.25, -0.2) is 0 Å². The minimum Gasteiger partial charge on any atom is -0.333 e. The highest BCUT2D eigenvalue weighted by Gasteiger charge is 2.22. The third-order valence-corrected chi connectivity index (χ3v) is 4.70. The van der Waals surface area contributed by atoms with Crippen LogP contribution < -0.4 is 5.32 Å². The fraction of sp³-hybridized carbons (Fsp3) is 0.600. The van der Waals surface area contributed by atoms with Crippen LogP contribution in [0.2, 0.25) is 0 Å². The lowest BCUT2D eigenvalue weighted by Crippen LogP contribution is -2.46. The highest BCUT2D eigenvalue weighted by molar-refractivity contribution is 7.13. The highest BCUT2D eigenvalue weighted by Crippen LogP contribution is 2.23. The average Bonchev–Trinajstić information content (AvgIpc) is 3.19. The van der Waals surface area contributed by atoms with Crippen LogP contribution in [0.3, 0.4) is 0 Å². The van der Waals surface area contributed by atoms with Gasteiger partial charge < -0.3 is 9.84 Å². The van der Waals surface area contributed by atoms with Gasteiger partial charge in [0.25, 0.3) is 5.89 Å². The van der Waals surface area contributed by atoms with Crippen LogP contribution in [0.25, 0.3) is 10.8 Å². The molecule has 2 aromatic rings. The average molecular weight is 306 g/mol. The quantitative estimate of drug-likeness (QED) is 0.889. The first-order valence-corrected chi connectivity index (χ1v) is 8.56. The van der Waals surface area contributed by atoms with Crippen LogP contribution in [-0.4, -0.2) is 40.7 Å². The molecule has 0 bridgehead atoms. The Morgan fingerprint density at radius 1 is 1.52 bits per heavy atom. The van der Waals surface area contributed by atoms with E-state index in [1.165, 1.54) is 12.8 Å². The zero-order chi connectivity index (χ0) is 14.5. The minimum atomic E-state index is 0.586. The minimum absolute atomic E-state index is 0.586. The molecule has 0 amide bonds. The smallest absolute Gasteiger partial charge is 0.268 e. The van der Waals surface area contributed by atoms with Crippen molar-refractivity contribution in [3.63, 3.8) is 0 Å². The van der Waals surface area contributed by atoms with Crippen LogP contribution >= 0.6 is 11.3 Å².